The zero-order valence-electron chi connectivity index (χ0n) is 10.5. The SMILES string of the molecule is CCC[CH2][BiH+2][CH2]CCC.O=C([O-])/C=C\C(=O)[O-]. The number of unbranched alkanes of at least 4 members (excludes halogenated alkanes) is 2. The van der Waals surface area contributed by atoms with Crippen LogP contribution in [0.25, 0.3) is 0 Å². The molecule has 0 heterocycles. The van der Waals surface area contributed by atoms with E-state index < -0.39 is 11.9 Å². The van der Waals surface area contributed by atoms with Gasteiger partial charge in [-0.15, -0.1) is 0 Å². The van der Waals surface area contributed by atoms with Gasteiger partial charge in [0.1, 0.15) is 0 Å². The molecule has 17 heavy (non-hydrogen) atoms. The van der Waals surface area contributed by atoms with Gasteiger partial charge in [0.2, 0.25) is 0 Å². The monoisotopic (exact) mass is 438 g/mol. The van der Waals surface area contributed by atoms with Crippen molar-refractivity contribution in [1.82, 2.24) is 0 Å². The molecule has 5 heteroatoms. The summed E-state index contributed by atoms with van der Waals surface area (Å²) in [5.74, 6) is -3.09. The molecule has 0 atom stereocenters. The molecule has 0 unspecified atom stereocenters. The van der Waals surface area contributed by atoms with Crippen molar-refractivity contribution in [2.75, 3.05) is 0 Å². The molecule has 0 fully saturated rings. The molecule has 0 radical (unpaired) electrons. The van der Waals surface area contributed by atoms with Crippen molar-refractivity contribution >= 4 is 35.2 Å². The van der Waals surface area contributed by atoms with Crippen molar-refractivity contribution < 1.29 is 19.8 Å². The second kappa shape index (κ2) is 15.6. The van der Waals surface area contributed by atoms with Crippen LogP contribution in [-0.2, 0) is 9.59 Å². The molecule has 0 aromatic rings. The molecule has 98 valence electrons. The molecule has 0 saturated carbocycles. The summed E-state index contributed by atoms with van der Waals surface area (Å²) in [6.45, 7) is 4.59. The summed E-state index contributed by atoms with van der Waals surface area (Å²) < 4.78 is 3.30. The van der Waals surface area contributed by atoms with Crippen LogP contribution >= 0.6 is 0 Å². The van der Waals surface area contributed by atoms with Crippen LogP contribution in [0, 0.1) is 0 Å². The van der Waals surface area contributed by atoms with Crippen molar-refractivity contribution in [3.05, 3.63) is 12.2 Å². The van der Waals surface area contributed by atoms with Crippen LogP contribution in [0.5, 0.6) is 0 Å². The predicted octanol–water partition coefficient (Wildman–Crippen LogP) is -0.0979. The number of carboxylic acids is 2. The molecule has 0 aliphatic carbocycles. The van der Waals surface area contributed by atoms with E-state index in [0.717, 1.165) is 0 Å². The molecular formula is C12H21BiO4. The van der Waals surface area contributed by atoms with Gasteiger partial charge in [-0.3, -0.25) is 0 Å². The number of carboxylic acid groups (broad SMARTS) is 2. The van der Waals surface area contributed by atoms with Gasteiger partial charge in [0.25, 0.3) is 0 Å². The quantitative estimate of drug-likeness (QED) is 0.301. The topological polar surface area (TPSA) is 80.3 Å². The van der Waals surface area contributed by atoms with Crippen molar-refractivity contribution in [1.29, 1.82) is 0 Å². The Hall–Kier alpha value is -0.437. The van der Waals surface area contributed by atoms with E-state index in [0.29, 0.717) is 12.2 Å². The number of carbonyl (C=O) groups is 2. The van der Waals surface area contributed by atoms with E-state index in [1.54, 1.807) is 8.26 Å². The standard InChI is InChI=1S/C4H4O4.2C4H9.Bi.H/c5-3(6)1-2-4(7)8;2*1-3-4-2;;/h1-2H,(H,5,6)(H,7,8);2*1,3-4H2,2H3;;/q;;;+2;/p-2/b2-1-;;;;. The molecule has 0 saturated heterocycles. The van der Waals surface area contributed by atoms with Crippen LogP contribution in [-0.4, -0.2) is 35.2 Å². The molecule has 0 N–H and O–H groups in total. The van der Waals surface area contributed by atoms with Crippen LogP contribution in [0.1, 0.15) is 39.5 Å². The third-order valence-electron chi connectivity index (χ3n) is 1.77. The Morgan fingerprint density at radius 2 is 1.29 bits per heavy atom. The van der Waals surface area contributed by atoms with E-state index in [1.165, 1.54) is 25.7 Å². The minimum atomic E-state index is -1.55. The molecule has 4 nitrogen and oxygen atoms in total. The zero-order valence-corrected chi connectivity index (χ0v) is 14.4. The average Bonchev–Trinajstić information content (AvgIpc) is 2.27. The maximum absolute atomic E-state index is 9.41. The summed E-state index contributed by atoms with van der Waals surface area (Å²) in [5, 5.41) is 18.8. The maximum atomic E-state index is 9.41. The molecule has 0 aliphatic heterocycles. The van der Waals surface area contributed by atoms with Gasteiger partial charge in [0.15, 0.2) is 0 Å². The van der Waals surface area contributed by atoms with E-state index in [1.807, 2.05) is 0 Å². The van der Waals surface area contributed by atoms with E-state index in [-0.39, 0.29) is 23.2 Å². The molecule has 0 bridgehead atoms. The molecule has 0 aliphatic rings. The smallest absolute Gasteiger partial charge is 0.0643 e. The molecule has 0 aromatic carbocycles. The van der Waals surface area contributed by atoms with Gasteiger partial charge >= 0.3 is 71.0 Å². The Morgan fingerprint density at radius 1 is 0.941 bits per heavy atom. The van der Waals surface area contributed by atoms with E-state index in [9.17, 15) is 19.8 Å². The summed E-state index contributed by atoms with van der Waals surface area (Å²) >= 11 is -0.0390. The molecule has 0 amide bonds. The van der Waals surface area contributed by atoms with Gasteiger partial charge in [-0.1, -0.05) is 0 Å². The summed E-state index contributed by atoms with van der Waals surface area (Å²) in [6.07, 6.45) is 6.64. The normalized spacial score (nSPS) is 9.53. The van der Waals surface area contributed by atoms with E-state index in [2.05, 4.69) is 13.8 Å². The fourth-order valence-electron chi connectivity index (χ4n) is 0.865. The number of aliphatic carboxylic acids is 2. The first-order valence-corrected chi connectivity index (χ1v) is 11.3. The van der Waals surface area contributed by atoms with Crippen LogP contribution in [0.15, 0.2) is 12.2 Å². The molecule has 0 rings (SSSR count). The minimum absolute atomic E-state index is 0.0390. The Labute approximate surface area is 115 Å². The van der Waals surface area contributed by atoms with Crippen molar-refractivity contribution in [2.45, 2.75) is 47.8 Å². The second-order valence-corrected chi connectivity index (χ2v) is 9.26. The van der Waals surface area contributed by atoms with Crippen LogP contribution in [0.3, 0.4) is 0 Å². The number of carbonyl (C=O) groups excluding carboxylic acids is 2. The van der Waals surface area contributed by atoms with Gasteiger partial charge in [-0.05, 0) is 12.2 Å². The van der Waals surface area contributed by atoms with Gasteiger partial charge in [0, 0.05) is 0 Å². The second-order valence-electron chi connectivity index (χ2n) is 3.43. The Morgan fingerprint density at radius 3 is 1.53 bits per heavy atom. The Bertz CT molecular complexity index is 205. The minimum Gasteiger partial charge on any atom is -0.545 e. The molecular weight excluding hydrogens is 417 g/mol. The van der Waals surface area contributed by atoms with Crippen molar-refractivity contribution in [2.24, 2.45) is 0 Å². The van der Waals surface area contributed by atoms with Gasteiger partial charge < -0.3 is 19.8 Å². The Balaban J connectivity index is 0. The third-order valence-corrected chi connectivity index (χ3v) is 7.27. The summed E-state index contributed by atoms with van der Waals surface area (Å²) in [4.78, 5) is 18.8. The summed E-state index contributed by atoms with van der Waals surface area (Å²) in [7, 11) is 0. The first-order chi connectivity index (χ1) is 8.04. The van der Waals surface area contributed by atoms with Crippen LogP contribution in [0.4, 0.5) is 0 Å². The maximum Gasteiger partial charge on any atom is 0.0643 e. The fourth-order valence-corrected chi connectivity index (χ4v) is 6.53. The third kappa shape index (κ3) is 25.7. The first-order valence-electron chi connectivity index (χ1n) is 5.85. The summed E-state index contributed by atoms with van der Waals surface area (Å²) in [5.41, 5.74) is 0. The number of hydrogen-bond acceptors (Lipinski definition) is 4. The molecule has 0 spiro atoms. The Kier molecular flexibility index (Phi) is 17.3. The predicted molar refractivity (Wildman–Crippen MR) is 65.7 cm³/mol. The summed E-state index contributed by atoms with van der Waals surface area (Å²) in [6, 6.07) is 0. The zero-order chi connectivity index (χ0) is 13.5. The van der Waals surface area contributed by atoms with Crippen LogP contribution in [0.2, 0.25) is 8.26 Å². The van der Waals surface area contributed by atoms with Gasteiger partial charge in [0.05, 0.1) is 11.9 Å². The van der Waals surface area contributed by atoms with E-state index >= 15 is 0 Å². The number of rotatable bonds is 8. The van der Waals surface area contributed by atoms with E-state index in [4.69, 9.17) is 0 Å². The average molecular weight is 438 g/mol. The van der Waals surface area contributed by atoms with Gasteiger partial charge in [-0.25, -0.2) is 0 Å². The van der Waals surface area contributed by atoms with Crippen molar-refractivity contribution in [3.8, 4) is 0 Å². The largest absolute Gasteiger partial charge is 0.545 e. The van der Waals surface area contributed by atoms with Crippen molar-refractivity contribution in [3.63, 3.8) is 0 Å². The van der Waals surface area contributed by atoms with Crippen LogP contribution < -0.4 is 10.2 Å². The van der Waals surface area contributed by atoms with Gasteiger partial charge in [-0.2, -0.15) is 0 Å². The molecule has 0 aromatic heterocycles. The first kappa shape index (κ1) is 18.9. The number of hydrogen-bond donors (Lipinski definition) is 0. The fraction of sp³-hybridized carbons (Fsp3) is 0.667.